The van der Waals surface area contributed by atoms with Gasteiger partial charge in [0.2, 0.25) is 0 Å². The molecule has 5 heteroatoms. The van der Waals surface area contributed by atoms with E-state index in [9.17, 15) is 0 Å². The third-order valence-electron chi connectivity index (χ3n) is 8.74. The summed E-state index contributed by atoms with van der Waals surface area (Å²) in [6.45, 7) is 20.3. The molecule has 43 heavy (non-hydrogen) atoms. The van der Waals surface area contributed by atoms with Crippen LogP contribution in [-0.4, -0.2) is 35.4 Å². The fraction of sp³-hybridized carbons (Fsp3) is 1.00. The van der Waals surface area contributed by atoms with Crippen LogP contribution >= 0.6 is 31.9 Å². The van der Waals surface area contributed by atoms with Crippen LogP contribution in [0, 0.1) is 23.7 Å². The summed E-state index contributed by atoms with van der Waals surface area (Å²) in [7, 11) is 0. The summed E-state index contributed by atoms with van der Waals surface area (Å²) < 4.78 is 19.5. The quantitative estimate of drug-likeness (QED) is 0.0390. The van der Waals surface area contributed by atoms with E-state index in [4.69, 9.17) is 14.2 Å². The number of unbranched alkanes of at least 4 members (excludes halogenated alkanes) is 8. The number of rotatable bonds is 32. The first-order chi connectivity index (χ1) is 20.6. The Morgan fingerprint density at radius 2 is 0.791 bits per heavy atom. The Hall–Kier alpha value is 0.840. The van der Waals surface area contributed by atoms with Gasteiger partial charge in [-0.2, -0.15) is 0 Å². The van der Waals surface area contributed by atoms with Gasteiger partial charge in [-0.25, -0.2) is 0 Å². The van der Waals surface area contributed by atoms with Crippen molar-refractivity contribution in [1.82, 2.24) is 0 Å². The van der Waals surface area contributed by atoms with Crippen molar-refractivity contribution in [3.8, 4) is 0 Å². The third kappa shape index (κ3) is 30.0. The van der Waals surface area contributed by atoms with E-state index < -0.39 is 0 Å². The SMILES string of the molecule is CCCCCCCOC(CCCC(C)CC(C)CC(C)Br)OC(CCCC(C)CC(C)CC(C)Br)OCCCCCCC. The molecule has 8 atom stereocenters. The van der Waals surface area contributed by atoms with E-state index in [2.05, 4.69) is 87.2 Å². The maximum absolute atomic E-state index is 6.68. The molecule has 0 aliphatic heterocycles. The van der Waals surface area contributed by atoms with Gasteiger partial charge in [0.25, 0.3) is 0 Å². The highest BCUT2D eigenvalue weighted by atomic mass is 79.9. The Morgan fingerprint density at radius 1 is 0.419 bits per heavy atom. The Balaban J connectivity index is 5.04. The lowest BCUT2D eigenvalue weighted by molar-refractivity contribution is -0.250. The van der Waals surface area contributed by atoms with Crippen LogP contribution in [0.15, 0.2) is 0 Å². The van der Waals surface area contributed by atoms with Gasteiger partial charge >= 0.3 is 0 Å². The second-order valence-electron chi connectivity index (χ2n) is 14.4. The van der Waals surface area contributed by atoms with Gasteiger partial charge in [-0.15, -0.1) is 0 Å². The summed E-state index contributed by atoms with van der Waals surface area (Å²) in [4.78, 5) is 1.21. The number of alkyl halides is 2. The van der Waals surface area contributed by atoms with Crippen molar-refractivity contribution in [2.24, 2.45) is 23.7 Å². The molecule has 0 heterocycles. The van der Waals surface area contributed by atoms with Gasteiger partial charge in [0.1, 0.15) is 0 Å². The van der Waals surface area contributed by atoms with Gasteiger partial charge in [0, 0.05) is 22.9 Å². The minimum atomic E-state index is -0.152. The van der Waals surface area contributed by atoms with E-state index in [1.165, 1.54) is 89.9 Å². The van der Waals surface area contributed by atoms with Crippen LogP contribution in [-0.2, 0) is 14.2 Å². The predicted octanol–water partition coefficient (Wildman–Crippen LogP) is 13.6. The van der Waals surface area contributed by atoms with E-state index >= 15 is 0 Å². The average molecular weight is 741 g/mol. The number of hydrogen-bond donors (Lipinski definition) is 0. The number of hydrogen-bond acceptors (Lipinski definition) is 3. The van der Waals surface area contributed by atoms with Crippen LogP contribution in [0.2, 0.25) is 0 Å². The molecular formula is C38H76Br2O3. The molecule has 0 aliphatic rings. The van der Waals surface area contributed by atoms with Gasteiger partial charge in [0.15, 0.2) is 12.6 Å². The molecular weight excluding hydrogens is 664 g/mol. The lowest BCUT2D eigenvalue weighted by atomic mass is 9.90. The molecule has 0 aromatic carbocycles. The highest BCUT2D eigenvalue weighted by Crippen LogP contribution is 2.26. The zero-order valence-electron chi connectivity index (χ0n) is 30.2. The first-order valence-electron chi connectivity index (χ1n) is 18.7. The maximum atomic E-state index is 6.68. The molecule has 0 bridgehead atoms. The zero-order chi connectivity index (χ0) is 32.3. The van der Waals surface area contributed by atoms with E-state index in [1.807, 2.05) is 0 Å². The summed E-state index contributed by atoms with van der Waals surface area (Å²) in [6, 6.07) is 0. The van der Waals surface area contributed by atoms with Crippen molar-refractivity contribution in [1.29, 1.82) is 0 Å². The van der Waals surface area contributed by atoms with Crippen LogP contribution in [0.5, 0.6) is 0 Å². The van der Waals surface area contributed by atoms with E-state index in [-0.39, 0.29) is 12.6 Å². The lowest BCUT2D eigenvalue weighted by Crippen LogP contribution is -2.28. The smallest absolute Gasteiger partial charge is 0.160 e. The van der Waals surface area contributed by atoms with Crippen molar-refractivity contribution < 1.29 is 14.2 Å². The number of halogens is 2. The van der Waals surface area contributed by atoms with Crippen LogP contribution < -0.4 is 0 Å². The highest BCUT2D eigenvalue weighted by molar-refractivity contribution is 9.09. The molecule has 0 spiro atoms. The zero-order valence-corrected chi connectivity index (χ0v) is 33.3. The summed E-state index contributed by atoms with van der Waals surface area (Å²) in [6.07, 6.45) is 24.1. The van der Waals surface area contributed by atoms with Gasteiger partial charge < -0.3 is 14.2 Å². The molecule has 0 saturated carbocycles. The normalized spacial score (nSPS) is 17.7. The predicted molar refractivity (Wildman–Crippen MR) is 198 cm³/mol. The van der Waals surface area contributed by atoms with Gasteiger partial charge in [-0.05, 0) is 87.9 Å². The van der Waals surface area contributed by atoms with E-state index in [0.717, 1.165) is 75.4 Å². The first-order valence-corrected chi connectivity index (χ1v) is 20.6. The second-order valence-corrected chi connectivity index (χ2v) is 17.5. The number of ether oxygens (including phenoxy) is 3. The van der Waals surface area contributed by atoms with Gasteiger partial charge in [0.05, 0.1) is 0 Å². The average Bonchev–Trinajstić information content (AvgIpc) is 2.91. The Bertz CT molecular complexity index is 525. The fourth-order valence-corrected chi connectivity index (χ4v) is 7.84. The Labute approximate surface area is 287 Å². The monoisotopic (exact) mass is 738 g/mol. The minimum absolute atomic E-state index is 0.152. The summed E-state index contributed by atoms with van der Waals surface area (Å²) in [5.74, 6) is 3.00. The Morgan fingerprint density at radius 3 is 1.14 bits per heavy atom. The molecule has 0 radical (unpaired) electrons. The molecule has 0 fully saturated rings. The molecule has 0 aromatic heterocycles. The van der Waals surface area contributed by atoms with Gasteiger partial charge in [-0.1, -0.05) is 151 Å². The van der Waals surface area contributed by atoms with Crippen molar-refractivity contribution in [3.63, 3.8) is 0 Å². The maximum Gasteiger partial charge on any atom is 0.160 e. The first kappa shape index (κ1) is 43.8. The molecule has 0 amide bonds. The van der Waals surface area contributed by atoms with Crippen LogP contribution in [0.25, 0.3) is 0 Å². The van der Waals surface area contributed by atoms with Crippen molar-refractivity contribution >= 4 is 31.9 Å². The summed E-state index contributed by atoms with van der Waals surface area (Å²) in [5, 5.41) is 0. The lowest BCUT2D eigenvalue weighted by Gasteiger charge is -2.27. The molecule has 0 aliphatic carbocycles. The van der Waals surface area contributed by atoms with E-state index in [1.54, 1.807) is 0 Å². The van der Waals surface area contributed by atoms with Crippen molar-refractivity contribution in [3.05, 3.63) is 0 Å². The summed E-state index contributed by atoms with van der Waals surface area (Å²) in [5.41, 5.74) is 0. The van der Waals surface area contributed by atoms with Crippen molar-refractivity contribution in [2.75, 3.05) is 13.2 Å². The molecule has 0 rings (SSSR count). The highest BCUT2D eigenvalue weighted by Gasteiger charge is 2.20. The molecule has 0 N–H and O–H groups in total. The second kappa shape index (κ2) is 30.2. The molecule has 3 nitrogen and oxygen atoms in total. The van der Waals surface area contributed by atoms with Crippen molar-refractivity contribution in [2.45, 2.75) is 206 Å². The largest absolute Gasteiger partial charge is 0.353 e. The fourth-order valence-electron chi connectivity index (χ4n) is 6.57. The van der Waals surface area contributed by atoms with Crippen LogP contribution in [0.3, 0.4) is 0 Å². The molecule has 8 unspecified atom stereocenters. The molecule has 0 saturated heterocycles. The molecule has 260 valence electrons. The van der Waals surface area contributed by atoms with Crippen LogP contribution in [0.4, 0.5) is 0 Å². The minimum Gasteiger partial charge on any atom is -0.353 e. The Kier molecular flexibility index (Phi) is 30.8. The van der Waals surface area contributed by atoms with Gasteiger partial charge in [-0.3, -0.25) is 0 Å². The van der Waals surface area contributed by atoms with Crippen LogP contribution in [0.1, 0.15) is 184 Å². The standard InChI is InChI=1S/C38H76Br2O3/c1-9-11-13-15-17-25-41-37(23-19-21-31(3)27-33(5)29-35(7)39)43-38(42-26-18-16-14-12-10-2)24-20-22-32(4)28-34(6)30-36(8)40/h31-38H,9-30H2,1-8H3. The third-order valence-corrected chi connectivity index (χ3v) is 9.49. The molecule has 0 aromatic rings. The van der Waals surface area contributed by atoms with E-state index in [0.29, 0.717) is 9.65 Å². The topological polar surface area (TPSA) is 27.7 Å². The summed E-state index contributed by atoms with van der Waals surface area (Å²) >= 11 is 7.47.